The number of fused-ring (bicyclic) bond motifs is 1. The Bertz CT molecular complexity index is 1080. The summed E-state index contributed by atoms with van der Waals surface area (Å²) in [5.41, 5.74) is 9.39. The second-order valence-corrected chi connectivity index (χ2v) is 7.58. The van der Waals surface area contributed by atoms with E-state index in [1.807, 2.05) is 32.0 Å². The average molecular weight is 433 g/mol. The van der Waals surface area contributed by atoms with Crippen LogP contribution in [0.15, 0.2) is 44.4 Å². The topological polar surface area (TPSA) is 106 Å². The lowest BCUT2D eigenvalue weighted by atomic mass is 9.88. The standard InChI is InChI=1S/C13H16FN3O2.C8H9NOS/c1-6-4-5-9(14)10(7(6)2)8(3)11(15)12-16-17-13(18)19-12;11-7-3-1-2-6-8(7)10-5-4-9-6/h4-5,8,11H,15H2,1-3H3,(H,17,18);1-3,9,11H,4-5H2. The number of thiol groups is 1. The van der Waals surface area contributed by atoms with Gasteiger partial charge in [0.25, 0.3) is 0 Å². The van der Waals surface area contributed by atoms with E-state index in [0.29, 0.717) is 5.56 Å². The Morgan fingerprint density at radius 2 is 2.03 bits per heavy atom. The van der Waals surface area contributed by atoms with Gasteiger partial charge in [-0.15, -0.1) is 17.7 Å². The van der Waals surface area contributed by atoms with Crippen molar-refractivity contribution in [2.75, 3.05) is 18.5 Å². The summed E-state index contributed by atoms with van der Waals surface area (Å²) in [6.07, 6.45) is 0. The Kier molecular flexibility index (Phi) is 6.84. The van der Waals surface area contributed by atoms with Crippen molar-refractivity contribution in [2.24, 2.45) is 5.73 Å². The second kappa shape index (κ2) is 9.36. The molecule has 2 atom stereocenters. The van der Waals surface area contributed by atoms with Crippen LogP contribution in [0.1, 0.15) is 41.5 Å². The first-order valence-corrected chi connectivity index (χ1v) is 9.99. The molecule has 1 aliphatic heterocycles. The number of anilines is 1. The second-order valence-electron chi connectivity index (χ2n) is 7.10. The Morgan fingerprint density at radius 1 is 1.27 bits per heavy atom. The van der Waals surface area contributed by atoms with Crippen LogP contribution in [0.25, 0.3) is 0 Å². The molecule has 7 nitrogen and oxygen atoms in total. The van der Waals surface area contributed by atoms with E-state index in [0.717, 1.165) is 40.6 Å². The Hall–Kier alpha value is -2.78. The molecule has 1 aromatic heterocycles. The van der Waals surface area contributed by atoms with Gasteiger partial charge in [-0.3, -0.25) is 0 Å². The van der Waals surface area contributed by atoms with Crippen molar-refractivity contribution in [3.63, 3.8) is 0 Å². The largest absolute Gasteiger partial charge is 0.488 e. The molecule has 4 rings (SSSR count). The van der Waals surface area contributed by atoms with E-state index >= 15 is 0 Å². The number of hydrogen-bond acceptors (Lipinski definition) is 7. The number of nitrogens with zero attached hydrogens (tertiary/aromatic N) is 1. The molecular weight excluding hydrogens is 407 g/mol. The van der Waals surface area contributed by atoms with Gasteiger partial charge in [0.2, 0.25) is 5.89 Å². The zero-order valence-corrected chi connectivity index (χ0v) is 17.9. The van der Waals surface area contributed by atoms with Crippen molar-refractivity contribution in [2.45, 2.75) is 37.6 Å². The lowest BCUT2D eigenvalue weighted by molar-refractivity contribution is 0.316. The maximum Gasteiger partial charge on any atom is 0.434 e. The summed E-state index contributed by atoms with van der Waals surface area (Å²) < 4.78 is 24.2. The smallest absolute Gasteiger partial charge is 0.434 e. The number of nitrogens with two attached hydrogens (primary N) is 1. The number of para-hydroxylation sites is 1. The minimum absolute atomic E-state index is 0.0813. The Labute approximate surface area is 179 Å². The molecule has 0 saturated carbocycles. The van der Waals surface area contributed by atoms with Gasteiger partial charge >= 0.3 is 5.76 Å². The molecular formula is C21H25FN4O3S. The number of benzene rings is 2. The van der Waals surface area contributed by atoms with E-state index in [1.165, 1.54) is 6.07 Å². The third-order valence-electron chi connectivity index (χ3n) is 5.12. The van der Waals surface area contributed by atoms with Gasteiger partial charge in [0.05, 0.1) is 11.7 Å². The highest BCUT2D eigenvalue weighted by atomic mass is 32.1. The molecule has 2 unspecified atom stereocenters. The highest BCUT2D eigenvalue weighted by molar-refractivity contribution is 7.80. The molecule has 0 saturated heterocycles. The van der Waals surface area contributed by atoms with E-state index in [9.17, 15) is 9.18 Å². The summed E-state index contributed by atoms with van der Waals surface area (Å²) >= 11 is 4.27. The van der Waals surface area contributed by atoms with Gasteiger partial charge in [0, 0.05) is 17.4 Å². The molecule has 0 aliphatic carbocycles. The lowest BCUT2D eigenvalue weighted by Crippen LogP contribution is -2.20. The average Bonchev–Trinajstić information content (AvgIpc) is 3.17. The third kappa shape index (κ3) is 4.68. The molecule has 1 aliphatic rings. The zero-order valence-electron chi connectivity index (χ0n) is 17.0. The maximum absolute atomic E-state index is 14.0. The minimum Gasteiger partial charge on any atom is -0.488 e. The van der Waals surface area contributed by atoms with E-state index in [4.69, 9.17) is 14.9 Å². The molecule has 160 valence electrons. The number of nitrogens with one attached hydrogen (secondary N) is 2. The number of aromatic amines is 1. The minimum atomic E-state index is -0.686. The van der Waals surface area contributed by atoms with Gasteiger partial charge in [-0.2, -0.15) is 0 Å². The first-order valence-electron chi connectivity index (χ1n) is 9.54. The number of aryl methyl sites for hydroxylation is 1. The van der Waals surface area contributed by atoms with Crippen LogP contribution in [0.4, 0.5) is 10.1 Å². The summed E-state index contributed by atoms with van der Waals surface area (Å²) in [4.78, 5) is 11.8. The third-order valence-corrected chi connectivity index (χ3v) is 5.48. The summed E-state index contributed by atoms with van der Waals surface area (Å²) in [6.45, 7) is 7.14. The van der Waals surface area contributed by atoms with Gasteiger partial charge in [0.15, 0.2) is 5.75 Å². The summed E-state index contributed by atoms with van der Waals surface area (Å²) in [5, 5.41) is 9.07. The molecule has 9 heteroatoms. The Morgan fingerprint density at radius 3 is 2.70 bits per heavy atom. The molecule has 0 fully saturated rings. The van der Waals surface area contributed by atoms with Gasteiger partial charge in [-0.25, -0.2) is 14.3 Å². The molecule has 3 aromatic rings. The number of H-pyrrole nitrogens is 1. The maximum atomic E-state index is 14.0. The molecule has 0 radical (unpaired) electrons. The fourth-order valence-corrected chi connectivity index (χ4v) is 3.57. The molecule has 2 heterocycles. The van der Waals surface area contributed by atoms with Crippen LogP contribution >= 0.6 is 12.6 Å². The Balaban J connectivity index is 0.000000196. The summed E-state index contributed by atoms with van der Waals surface area (Å²) in [5.74, 6) is -0.380. The normalized spacial score (nSPS) is 14.5. The summed E-state index contributed by atoms with van der Waals surface area (Å²) in [7, 11) is 0. The monoisotopic (exact) mass is 432 g/mol. The highest BCUT2D eigenvalue weighted by Crippen LogP contribution is 2.33. The van der Waals surface area contributed by atoms with Crippen molar-refractivity contribution in [1.82, 2.24) is 10.2 Å². The predicted molar refractivity (Wildman–Crippen MR) is 116 cm³/mol. The summed E-state index contributed by atoms with van der Waals surface area (Å²) in [6, 6.07) is 8.34. The van der Waals surface area contributed by atoms with Gasteiger partial charge in [-0.1, -0.05) is 19.1 Å². The molecule has 0 bridgehead atoms. The molecule has 2 aromatic carbocycles. The number of hydrogen-bond donors (Lipinski definition) is 4. The molecule has 0 spiro atoms. The molecule has 0 amide bonds. The number of aromatic nitrogens is 2. The predicted octanol–water partition coefficient (Wildman–Crippen LogP) is 3.70. The number of rotatable bonds is 3. The van der Waals surface area contributed by atoms with Crippen molar-refractivity contribution in [3.8, 4) is 5.75 Å². The number of halogens is 1. The van der Waals surface area contributed by atoms with E-state index < -0.39 is 11.8 Å². The molecule has 30 heavy (non-hydrogen) atoms. The highest BCUT2D eigenvalue weighted by Gasteiger charge is 2.26. The van der Waals surface area contributed by atoms with Crippen molar-refractivity contribution in [3.05, 3.63) is 69.3 Å². The van der Waals surface area contributed by atoms with Gasteiger partial charge < -0.3 is 20.2 Å². The van der Waals surface area contributed by atoms with Crippen LogP contribution in [0.3, 0.4) is 0 Å². The SMILES string of the molecule is Cc1ccc(F)c(C(C)C(N)c2n[nH]c(=O)o2)c1C.Sc1cccc2c1OCCN2. The molecule has 4 N–H and O–H groups in total. The van der Waals surface area contributed by atoms with Crippen LogP contribution in [0.5, 0.6) is 5.75 Å². The van der Waals surface area contributed by atoms with Gasteiger partial charge in [0.1, 0.15) is 12.4 Å². The zero-order chi connectivity index (χ0) is 21.8. The first-order chi connectivity index (χ1) is 14.3. The van der Waals surface area contributed by atoms with Crippen LogP contribution in [-0.4, -0.2) is 23.3 Å². The lowest BCUT2D eigenvalue weighted by Gasteiger charge is -2.20. The van der Waals surface area contributed by atoms with Crippen molar-refractivity contribution in [1.29, 1.82) is 0 Å². The number of ether oxygens (including phenoxy) is 1. The quantitative estimate of drug-likeness (QED) is 0.470. The van der Waals surface area contributed by atoms with E-state index in [2.05, 4.69) is 28.1 Å². The fourth-order valence-electron chi connectivity index (χ4n) is 3.30. The van der Waals surface area contributed by atoms with Crippen LogP contribution in [0, 0.1) is 19.7 Å². The van der Waals surface area contributed by atoms with Crippen molar-refractivity contribution < 1.29 is 13.5 Å². The van der Waals surface area contributed by atoms with Crippen molar-refractivity contribution >= 4 is 18.3 Å². The van der Waals surface area contributed by atoms with Gasteiger partial charge in [-0.05, 0) is 48.7 Å². The van der Waals surface area contributed by atoms with Crippen LogP contribution in [0.2, 0.25) is 0 Å². The fraction of sp³-hybridized carbons (Fsp3) is 0.333. The van der Waals surface area contributed by atoms with Crippen LogP contribution in [-0.2, 0) is 0 Å². The van der Waals surface area contributed by atoms with Crippen LogP contribution < -0.4 is 21.5 Å². The van der Waals surface area contributed by atoms with E-state index in [-0.39, 0.29) is 17.6 Å². The first kappa shape index (κ1) is 21.9. The van der Waals surface area contributed by atoms with E-state index in [1.54, 1.807) is 13.0 Å².